The standard InChI is InChI=1S/C13H10N/c1-2-4-12-10(3-1)5-6-11-9-14-8-7-13(11)12/h1-9,14H. The first kappa shape index (κ1) is 7.63. The summed E-state index contributed by atoms with van der Waals surface area (Å²) in [6, 6.07) is 12.8. The van der Waals surface area contributed by atoms with Crippen LogP contribution in [-0.4, -0.2) is 0 Å². The summed E-state index contributed by atoms with van der Waals surface area (Å²) in [4.78, 5) is 0. The van der Waals surface area contributed by atoms with Gasteiger partial charge in [0.2, 0.25) is 0 Å². The minimum absolute atomic E-state index is 1.26. The van der Waals surface area contributed by atoms with Gasteiger partial charge in [-0.3, -0.25) is 0 Å². The first-order valence-corrected chi connectivity index (χ1v) is 4.73. The smallest absolute Gasteiger partial charge is 0.0686 e. The summed E-state index contributed by atoms with van der Waals surface area (Å²) in [5.74, 6) is 0. The molecular weight excluding hydrogens is 170 g/mol. The van der Waals surface area contributed by atoms with E-state index in [1.807, 2.05) is 12.7 Å². The second-order valence-corrected chi connectivity index (χ2v) is 3.43. The third-order valence-electron chi connectivity index (χ3n) is 2.59. The lowest BCUT2D eigenvalue weighted by atomic mass is 10.1. The zero-order valence-electron chi connectivity index (χ0n) is 7.70. The Balaban J connectivity index is 2.60. The van der Waals surface area contributed by atoms with Crippen molar-refractivity contribution in [3.8, 4) is 0 Å². The maximum Gasteiger partial charge on any atom is 0.0686 e. The van der Waals surface area contributed by atoms with Crippen molar-refractivity contribution in [3.05, 3.63) is 53.4 Å². The first-order chi connectivity index (χ1) is 6.95. The number of hydrogen-bond donors (Lipinski definition) is 1. The normalized spacial score (nSPS) is 13.7. The number of nitrogens with one attached hydrogen (secondary N) is 1. The SMILES string of the molecule is [CH]1C=c2c(ccc3ccccc23)=CN1. The molecule has 0 saturated carbocycles. The Labute approximate surface area is 82.4 Å². The zero-order chi connectivity index (χ0) is 9.38. The predicted octanol–water partition coefficient (Wildman–Crippen LogP) is 1.12. The first-order valence-electron chi connectivity index (χ1n) is 4.73. The summed E-state index contributed by atoms with van der Waals surface area (Å²) >= 11 is 0. The lowest BCUT2D eigenvalue weighted by molar-refractivity contribution is 1.18. The van der Waals surface area contributed by atoms with Crippen LogP contribution in [0.25, 0.3) is 23.0 Å². The van der Waals surface area contributed by atoms with Crippen LogP contribution in [0.5, 0.6) is 0 Å². The molecule has 1 heteroatoms. The highest BCUT2D eigenvalue weighted by Crippen LogP contribution is 2.06. The summed E-state index contributed by atoms with van der Waals surface area (Å²) in [6.07, 6.45) is 4.15. The van der Waals surface area contributed by atoms with Crippen LogP contribution >= 0.6 is 0 Å². The maximum atomic E-state index is 3.10. The van der Waals surface area contributed by atoms with Gasteiger partial charge in [0, 0.05) is 6.20 Å². The molecule has 2 aromatic carbocycles. The van der Waals surface area contributed by atoms with Crippen LogP contribution in [0.15, 0.2) is 36.4 Å². The predicted molar refractivity (Wildman–Crippen MR) is 59.6 cm³/mol. The molecule has 1 aliphatic heterocycles. The van der Waals surface area contributed by atoms with E-state index in [2.05, 4.69) is 47.8 Å². The molecule has 1 aliphatic rings. The Morgan fingerprint density at radius 2 is 1.86 bits per heavy atom. The Morgan fingerprint density at radius 1 is 0.929 bits per heavy atom. The van der Waals surface area contributed by atoms with Gasteiger partial charge in [0.05, 0.1) is 6.54 Å². The van der Waals surface area contributed by atoms with Gasteiger partial charge in [0.25, 0.3) is 0 Å². The topological polar surface area (TPSA) is 12.0 Å². The number of rotatable bonds is 0. The van der Waals surface area contributed by atoms with E-state index in [1.54, 1.807) is 0 Å². The molecule has 2 aromatic rings. The van der Waals surface area contributed by atoms with Crippen molar-refractivity contribution in [2.24, 2.45) is 0 Å². The van der Waals surface area contributed by atoms with Gasteiger partial charge in [-0.25, -0.2) is 0 Å². The molecule has 0 aliphatic carbocycles. The summed E-state index contributed by atoms with van der Waals surface area (Å²) in [5, 5.41) is 8.28. The van der Waals surface area contributed by atoms with E-state index in [-0.39, 0.29) is 0 Å². The van der Waals surface area contributed by atoms with Crippen molar-refractivity contribution in [1.82, 2.24) is 5.32 Å². The molecule has 0 atom stereocenters. The fourth-order valence-corrected chi connectivity index (χ4v) is 1.89. The molecular formula is C13H10N. The van der Waals surface area contributed by atoms with E-state index in [0.717, 1.165) is 0 Å². The van der Waals surface area contributed by atoms with E-state index >= 15 is 0 Å². The fraction of sp³-hybridized carbons (Fsp3) is 0. The maximum absolute atomic E-state index is 3.10. The van der Waals surface area contributed by atoms with Crippen LogP contribution < -0.4 is 15.8 Å². The number of benzene rings is 2. The van der Waals surface area contributed by atoms with E-state index in [9.17, 15) is 0 Å². The van der Waals surface area contributed by atoms with Crippen LogP contribution in [-0.2, 0) is 0 Å². The molecule has 0 spiro atoms. The van der Waals surface area contributed by atoms with Gasteiger partial charge < -0.3 is 5.32 Å². The van der Waals surface area contributed by atoms with Gasteiger partial charge in [-0.1, -0.05) is 42.5 Å². The van der Waals surface area contributed by atoms with E-state index in [1.165, 1.54) is 21.2 Å². The molecule has 67 valence electrons. The Morgan fingerprint density at radius 3 is 2.86 bits per heavy atom. The lowest BCUT2D eigenvalue weighted by Gasteiger charge is -2.05. The molecule has 0 saturated heterocycles. The lowest BCUT2D eigenvalue weighted by Crippen LogP contribution is -2.31. The quantitative estimate of drug-likeness (QED) is 0.640. The number of hydrogen-bond acceptors (Lipinski definition) is 1. The van der Waals surface area contributed by atoms with Crippen LogP contribution in [0.3, 0.4) is 0 Å². The van der Waals surface area contributed by atoms with Crippen molar-refractivity contribution in [3.63, 3.8) is 0 Å². The Kier molecular flexibility index (Phi) is 1.57. The molecule has 0 unspecified atom stereocenters. The molecule has 3 rings (SSSR count). The van der Waals surface area contributed by atoms with Crippen LogP contribution in [0.4, 0.5) is 0 Å². The highest BCUT2D eigenvalue weighted by Gasteiger charge is 1.97. The zero-order valence-corrected chi connectivity index (χ0v) is 7.70. The second kappa shape index (κ2) is 2.88. The van der Waals surface area contributed by atoms with Crippen molar-refractivity contribution < 1.29 is 0 Å². The monoisotopic (exact) mass is 180 g/mol. The molecule has 1 radical (unpaired) electrons. The summed E-state index contributed by atoms with van der Waals surface area (Å²) in [6.45, 7) is 1.97. The minimum atomic E-state index is 1.26. The van der Waals surface area contributed by atoms with Crippen molar-refractivity contribution >= 4 is 23.0 Å². The summed E-state index contributed by atoms with van der Waals surface area (Å²) in [5.41, 5.74) is 0. The molecule has 0 aromatic heterocycles. The molecule has 1 heterocycles. The van der Waals surface area contributed by atoms with Crippen molar-refractivity contribution in [1.29, 1.82) is 0 Å². The minimum Gasteiger partial charge on any atom is -0.382 e. The van der Waals surface area contributed by atoms with Crippen LogP contribution in [0.1, 0.15) is 0 Å². The van der Waals surface area contributed by atoms with Gasteiger partial charge in [0.1, 0.15) is 0 Å². The van der Waals surface area contributed by atoms with Crippen molar-refractivity contribution in [2.45, 2.75) is 0 Å². The largest absolute Gasteiger partial charge is 0.382 e. The average Bonchev–Trinajstić information content (AvgIpc) is 2.29. The van der Waals surface area contributed by atoms with Gasteiger partial charge >= 0.3 is 0 Å². The molecule has 1 N–H and O–H groups in total. The Bertz CT molecular complexity index is 596. The average molecular weight is 180 g/mol. The molecule has 0 fully saturated rings. The van der Waals surface area contributed by atoms with Crippen molar-refractivity contribution in [2.75, 3.05) is 0 Å². The van der Waals surface area contributed by atoms with E-state index < -0.39 is 0 Å². The highest BCUT2D eigenvalue weighted by molar-refractivity contribution is 5.84. The Hall–Kier alpha value is -1.76. The summed E-state index contributed by atoms with van der Waals surface area (Å²) < 4.78 is 0. The van der Waals surface area contributed by atoms with E-state index in [0.29, 0.717) is 0 Å². The van der Waals surface area contributed by atoms with Gasteiger partial charge in [0.15, 0.2) is 0 Å². The van der Waals surface area contributed by atoms with E-state index in [4.69, 9.17) is 0 Å². The van der Waals surface area contributed by atoms with Gasteiger partial charge in [-0.15, -0.1) is 0 Å². The summed E-state index contributed by atoms with van der Waals surface area (Å²) in [7, 11) is 0. The third kappa shape index (κ3) is 1.02. The fourth-order valence-electron chi connectivity index (χ4n) is 1.89. The van der Waals surface area contributed by atoms with Crippen LogP contribution in [0.2, 0.25) is 0 Å². The van der Waals surface area contributed by atoms with Crippen LogP contribution in [0, 0.1) is 6.54 Å². The second-order valence-electron chi connectivity index (χ2n) is 3.43. The van der Waals surface area contributed by atoms with Gasteiger partial charge in [-0.05, 0) is 21.2 Å². The number of fused-ring (bicyclic) bond motifs is 3. The highest BCUT2D eigenvalue weighted by atomic mass is 14.8. The van der Waals surface area contributed by atoms with Gasteiger partial charge in [-0.2, -0.15) is 0 Å². The molecule has 0 bridgehead atoms. The molecule has 1 nitrogen and oxygen atoms in total. The third-order valence-corrected chi connectivity index (χ3v) is 2.59. The molecule has 14 heavy (non-hydrogen) atoms. The molecule has 0 amide bonds.